The fraction of sp³-hybridized carbons (Fsp3) is 0.500. The smallest absolute Gasteiger partial charge is 0.346 e. The zero-order valence-corrected chi connectivity index (χ0v) is 11.9. The van der Waals surface area contributed by atoms with Gasteiger partial charge < -0.3 is 19.5 Å². The third kappa shape index (κ3) is 4.79. The molecule has 1 rings (SSSR count). The topological polar surface area (TPSA) is 56.8 Å². The molecular formula is C14H20FNO4. The Morgan fingerprint density at radius 1 is 1.40 bits per heavy atom. The van der Waals surface area contributed by atoms with Crippen LogP contribution in [-0.2, 0) is 20.8 Å². The SMILES string of the molecule is COCCNCc1cccc(F)c1OC(C)C(=O)OC. The molecule has 6 heteroatoms. The average molecular weight is 285 g/mol. The number of ether oxygens (including phenoxy) is 3. The zero-order chi connectivity index (χ0) is 15.0. The second-order valence-electron chi connectivity index (χ2n) is 4.18. The van der Waals surface area contributed by atoms with Gasteiger partial charge in [-0.15, -0.1) is 0 Å². The van der Waals surface area contributed by atoms with Gasteiger partial charge in [-0.2, -0.15) is 0 Å². The van der Waals surface area contributed by atoms with E-state index < -0.39 is 17.9 Å². The maximum Gasteiger partial charge on any atom is 0.346 e. The Labute approximate surface area is 118 Å². The Kier molecular flexibility index (Phi) is 6.97. The predicted molar refractivity (Wildman–Crippen MR) is 72.1 cm³/mol. The van der Waals surface area contributed by atoms with E-state index in [1.165, 1.54) is 20.1 Å². The minimum atomic E-state index is -0.866. The molecule has 1 unspecified atom stereocenters. The molecule has 1 N–H and O–H groups in total. The molecule has 0 heterocycles. The van der Waals surface area contributed by atoms with Crippen LogP contribution in [-0.4, -0.2) is 39.4 Å². The summed E-state index contributed by atoms with van der Waals surface area (Å²) in [6.45, 7) is 3.13. The van der Waals surface area contributed by atoms with Gasteiger partial charge in [0.1, 0.15) is 0 Å². The van der Waals surface area contributed by atoms with Crippen LogP contribution in [0.2, 0.25) is 0 Å². The molecule has 5 nitrogen and oxygen atoms in total. The van der Waals surface area contributed by atoms with Crippen molar-refractivity contribution in [1.82, 2.24) is 5.32 Å². The lowest BCUT2D eigenvalue weighted by Gasteiger charge is -2.16. The van der Waals surface area contributed by atoms with Gasteiger partial charge in [-0.05, 0) is 13.0 Å². The van der Waals surface area contributed by atoms with Crippen molar-refractivity contribution in [1.29, 1.82) is 0 Å². The maximum absolute atomic E-state index is 13.8. The minimum absolute atomic E-state index is 0.0651. The largest absolute Gasteiger partial charge is 0.476 e. The third-order valence-electron chi connectivity index (χ3n) is 2.67. The van der Waals surface area contributed by atoms with Crippen molar-refractivity contribution in [2.24, 2.45) is 0 Å². The molecule has 0 aliphatic heterocycles. The molecule has 0 aliphatic rings. The van der Waals surface area contributed by atoms with E-state index in [0.717, 1.165) is 0 Å². The number of hydrogen-bond acceptors (Lipinski definition) is 5. The highest BCUT2D eigenvalue weighted by Gasteiger charge is 2.19. The number of esters is 1. The number of carbonyl (C=O) groups is 1. The van der Waals surface area contributed by atoms with Crippen LogP contribution >= 0.6 is 0 Å². The number of rotatable bonds is 8. The fourth-order valence-electron chi connectivity index (χ4n) is 1.61. The van der Waals surface area contributed by atoms with Gasteiger partial charge in [0.15, 0.2) is 17.7 Å². The molecule has 1 atom stereocenters. The van der Waals surface area contributed by atoms with Gasteiger partial charge in [0.05, 0.1) is 13.7 Å². The van der Waals surface area contributed by atoms with Gasteiger partial charge in [-0.3, -0.25) is 0 Å². The standard InChI is InChI=1S/C14H20FNO4/c1-10(14(17)19-3)20-13-11(5-4-6-12(13)15)9-16-7-8-18-2/h4-6,10,16H,7-9H2,1-3H3. The van der Waals surface area contributed by atoms with Crippen molar-refractivity contribution in [3.8, 4) is 5.75 Å². The van der Waals surface area contributed by atoms with E-state index in [4.69, 9.17) is 9.47 Å². The molecule has 0 aromatic heterocycles. The van der Waals surface area contributed by atoms with E-state index in [2.05, 4.69) is 10.1 Å². The van der Waals surface area contributed by atoms with Gasteiger partial charge in [0.25, 0.3) is 0 Å². The third-order valence-corrected chi connectivity index (χ3v) is 2.67. The number of para-hydroxylation sites is 1. The molecule has 1 aromatic rings. The van der Waals surface area contributed by atoms with Crippen LogP contribution < -0.4 is 10.1 Å². The molecule has 0 amide bonds. The summed E-state index contributed by atoms with van der Waals surface area (Å²) in [5, 5.41) is 3.10. The molecule has 0 fully saturated rings. The molecule has 0 saturated heterocycles. The van der Waals surface area contributed by atoms with Gasteiger partial charge >= 0.3 is 5.97 Å². The summed E-state index contributed by atoms with van der Waals surface area (Å²) in [6.07, 6.45) is -0.866. The summed E-state index contributed by atoms with van der Waals surface area (Å²) in [4.78, 5) is 11.3. The lowest BCUT2D eigenvalue weighted by molar-refractivity contribution is -0.148. The van der Waals surface area contributed by atoms with Crippen molar-refractivity contribution < 1.29 is 23.4 Å². The highest BCUT2D eigenvalue weighted by atomic mass is 19.1. The second kappa shape index (κ2) is 8.50. The molecule has 0 spiro atoms. The molecule has 0 radical (unpaired) electrons. The Morgan fingerprint density at radius 2 is 2.15 bits per heavy atom. The van der Waals surface area contributed by atoms with Crippen molar-refractivity contribution in [2.75, 3.05) is 27.4 Å². The summed E-state index contributed by atoms with van der Waals surface area (Å²) in [6, 6.07) is 4.62. The highest BCUT2D eigenvalue weighted by Crippen LogP contribution is 2.24. The molecule has 0 bridgehead atoms. The Bertz CT molecular complexity index is 439. The summed E-state index contributed by atoms with van der Waals surface area (Å²) in [7, 11) is 2.87. The number of benzene rings is 1. The van der Waals surface area contributed by atoms with Crippen LogP contribution in [0, 0.1) is 5.82 Å². The molecule has 112 valence electrons. The van der Waals surface area contributed by atoms with Crippen LogP contribution in [0.4, 0.5) is 4.39 Å². The van der Waals surface area contributed by atoms with Crippen LogP contribution in [0.3, 0.4) is 0 Å². The van der Waals surface area contributed by atoms with E-state index in [1.807, 2.05) is 0 Å². The lowest BCUT2D eigenvalue weighted by atomic mass is 10.2. The molecule has 0 aliphatic carbocycles. The van der Waals surface area contributed by atoms with Crippen LogP contribution in [0.1, 0.15) is 12.5 Å². The Hall–Kier alpha value is -1.66. The van der Waals surface area contributed by atoms with E-state index >= 15 is 0 Å². The Balaban J connectivity index is 2.75. The van der Waals surface area contributed by atoms with E-state index in [1.54, 1.807) is 19.2 Å². The van der Waals surface area contributed by atoms with Crippen molar-refractivity contribution in [3.63, 3.8) is 0 Å². The predicted octanol–water partition coefficient (Wildman–Crippen LogP) is 1.50. The average Bonchev–Trinajstić information content (AvgIpc) is 2.45. The normalized spacial score (nSPS) is 12.0. The lowest BCUT2D eigenvalue weighted by Crippen LogP contribution is -2.26. The summed E-state index contributed by atoms with van der Waals surface area (Å²) in [5.74, 6) is -0.992. The molecule has 20 heavy (non-hydrogen) atoms. The first-order chi connectivity index (χ1) is 9.60. The van der Waals surface area contributed by atoms with Crippen LogP contribution in [0.15, 0.2) is 18.2 Å². The highest BCUT2D eigenvalue weighted by molar-refractivity contribution is 5.74. The number of halogens is 1. The fourth-order valence-corrected chi connectivity index (χ4v) is 1.61. The zero-order valence-electron chi connectivity index (χ0n) is 11.9. The quantitative estimate of drug-likeness (QED) is 0.579. The first-order valence-electron chi connectivity index (χ1n) is 6.31. The number of methoxy groups -OCH3 is 2. The van der Waals surface area contributed by atoms with E-state index in [-0.39, 0.29) is 5.75 Å². The maximum atomic E-state index is 13.8. The monoisotopic (exact) mass is 285 g/mol. The van der Waals surface area contributed by atoms with E-state index in [0.29, 0.717) is 25.3 Å². The Morgan fingerprint density at radius 3 is 2.80 bits per heavy atom. The van der Waals surface area contributed by atoms with Gasteiger partial charge in [-0.1, -0.05) is 12.1 Å². The van der Waals surface area contributed by atoms with Gasteiger partial charge in [-0.25, -0.2) is 9.18 Å². The minimum Gasteiger partial charge on any atom is -0.476 e. The molecular weight excluding hydrogens is 265 g/mol. The van der Waals surface area contributed by atoms with Crippen molar-refractivity contribution in [3.05, 3.63) is 29.6 Å². The van der Waals surface area contributed by atoms with Crippen LogP contribution in [0.5, 0.6) is 5.75 Å². The first kappa shape index (κ1) is 16.4. The van der Waals surface area contributed by atoms with Crippen LogP contribution in [0.25, 0.3) is 0 Å². The summed E-state index contributed by atoms with van der Waals surface area (Å²) in [5.41, 5.74) is 0.636. The van der Waals surface area contributed by atoms with Crippen molar-refractivity contribution in [2.45, 2.75) is 19.6 Å². The van der Waals surface area contributed by atoms with Gasteiger partial charge in [0, 0.05) is 25.8 Å². The number of carbonyl (C=O) groups excluding carboxylic acids is 1. The van der Waals surface area contributed by atoms with Gasteiger partial charge in [0.2, 0.25) is 0 Å². The number of nitrogens with one attached hydrogen (secondary N) is 1. The first-order valence-corrected chi connectivity index (χ1v) is 6.31. The number of hydrogen-bond donors (Lipinski definition) is 1. The second-order valence-corrected chi connectivity index (χ2v) is 4.18. The molecule has 0 saturated carbocycles. The molecule has 1 aromatic carbocycles. The summed E-state index contributed by atoms with van der Waals surface area (Å²) >= 11 is 0. The van der Waals surface area contributed by atoms with Crippen molar-refractivity contribution >= 4 is 5.97 Å². The summed E-state index contributed by atoms with van der Waals surface area (Å²) < 4.78 is 28.7. The van der Waals surface area contributed by atoms with E-state index in [9.17, 15) is 9.18 Å².